The van der Waals surface area contributed by atoms with Gasteiger partial charge in [0.1, 0.15) is 0 Å². The van der Waals surface area contributed by atoms with E-state index in [1.165, 1.54) is 18.4 Å². The second-order valence-corrected chi connectivity index (χ2v) is 4.64. The van der Waals surface area contributed by atoms with E-state index < -0.39 is 0 Å². The second-order valence-electron chi connectivity index (χ2n) is 4.64. The van der Waals surface area contributed by atoms with Gasteiger partial charge in [-0.1, -0.05) is 30.3 Å². The van der Waals surface area contributed by atoms with Crippen LogP contribution in [0.4, 0.5) is 0 Å². The van der Waals surface area contributed by atoms with E-state index in [0.29, 0.717) is 12.5 Å². The summed E-state index contributed by atoms with van der Waals surface area (Å²) in [4.78, 5) is 10.4. The van der Waals surface area contributed by atoms with Gasteiger partial charge >= 0.3 is 0 Å². The highest BCUT2D eigenvalue weighted by Crippen LogP contribution is 2.06. The molecule has 0 unspecified atom stereocenters. The normalized spacial score (nSPS) is 15.3. The predicted octanol–water partition coefficient (Wildman–Crippen LogP) is 1.80. The SMILES string of the molecule is Cl.Cl.NC(=NCCc1ccccc1)/N=C(/N)N1CCCC1. The number of halogens is 2. The van der Waals surface area contributed by atoms with Crippen LogP contribution in [-0.4, -0.2) is 36.5 Å². The number of hydrogen-bond acceptors (Lipinski definition) is 1. The molecule has 118 valence electrons. The van der Waals surface area contributed by atoms with Crippen molar-refractivity contribution in [3.05, 3.63) is 35.9 Å². The van der Waals surface area contributed by atoms with E-state index in [-0.39, 0.29) is 30.8 Å². The average molecular weight is 332 g/mol. The first kappa shape index (κ1) is 19.5. The fraction of sp³-hybridized carbons (Fsp3) is 0.429. The summed E-state index contributed by atoms with van der Waals surface area (Å²) in [6.07, 6.45) is 3.20. The number of benzene rings is 1. The van der Waals surface area contributed by atoms with E-state index in [2.05, 4.69) is 22.1 Å². The molecule has 0 atom stereocenters. The van der Waals surface area contributed by atoms with Crippen LogP contribution in [0, 0.1) is 0 Å². The van der Waals surface area contributed by atoms with Crippen molar-refractivity contribution in [3.63, 3.8) is 0 Å². The van der Waals surface area contributed by atoms with Crippen LogP contribution in [0.2, 0.25) is 0 Å². The van der Waals surface area contributed by atoms with Crippen molar-refractivity contribution in [2.24, 2.45) is 21.5 Å². The standard InChI is InChI=1S/C14H21N5.2ClH/c15-13(18-14(16)19-10-4-5-11-19)17-9-8-12-6-2-1-3-7-12;;/h1-3,6-7H,4-5,8-11H2,(H4,15,16,17,18);2*1H. The van der Waals surface area contributed by atoms with Crippen LogP contribution in [0.1, 0.15) is 18.4 Å². The number of hydrogen-bond donors (Lipinski definition) is 2. The molecule has 1 aromatic rings. The molecule has 0 aliphatic carbocycles. The highest BCUT2D eigenvalue weighted by atomic mass is 35.5. The molecule has 0 radical (unpaired) electrons. The molecule has 0 bridgehead atoms. The fourth-order valence-corrected chi connectivity index (χ4v) is 2.11. The molecule has 21 heavy (non-hydrogen) atoms. The van der Waals surface area contributed by atoms with E-state index in [0.717, 1.165) is 19.5 Å². The van der Waals surface area contributed by atoms with Crippen LogP contribution in [-0.2, 0) is 6.42 Å². The van der Waals surface area contributed by atoms with E-state index in [1.807, 2.05) is 23.1 Å². The van der Waals surface area contributed by atoms with Crippen molar-refractivity contribution in [1.29, 1.82) is 0 Å². The Morgan fingerprint density at radius 1 is 1.05 bits per heavy atom. The number of guanidine groups is 2. The van der Waals surface area contributed by atoms with E-state index >= 15 is 0 Å². The summed E-state index contributed by atoms with van der Waals surface area (Å²) in [6.45, 7) is 2.56. The summed E-state index contributed by atoms with van der Waals surface area (Å²) < 4.78 is 0. The van der Waals surface area contributed by atoms with Crippen LogP contribution in [0.15, 0.2) is 40.3 Å². The Morgan fingerprint density at radius 2 is 1.67 bits per heavy atom. The number of aliphatic imine (C=N–C) groups is 2. The lowest BCUT2D eigenvalue weighted by atomic mass is 10.2. The van der Waals surface area contributed by atoms with Gasteiger partial charge < -0.3 is 16.4 Å². The molecule has 1 saturated heterocycles. The van der Waals surface area contributed by atoms with Gasteiger partial charge in [0.15, 0.2) is 5.96 Å². The molecule has 0 spiro atoms. The maximum Gasteiger partial charge on any atom is 0.218 e. The van der Waals surface area contributed by atoms with Gasteiger partial charge in [-0.15, -0.1) is 24.8 Å². The minimum atomic E-state index is 0. The number of nitrogens with zero attached hydrogens (tertiary/aromatic N) is 3. The monoisotopic (exact) mass is 331 g/mol. The first-order chi connectivity index (χ1) is 9.25. The third kappa shape index (κ3) is 6.69. The summed E-state index contributed by atoms with van der Waals surface area (Å²) in [6, 6.07) is 10.2. The molecule has 2 rings (SSSR count). The third-order valence-corrected chi connectivity index (χ3v) is 3.18. The molecule has 4 N–H and O–H groups in total. The third-order valence-electron chi connectivity index (χ3n) is 3.18. The molecular formula is C14H23Cl2N5. The van der Waals surface area contributed by atoms with Crippen molar-refractivity contribution in [1.82, 2.24) is 4.90 Å². The van der Waals surface area contributed by atoms with Gasteiger partial charge in [0.25, 0.3) is 0 Å². The molecule has 0 saturated carbocycles. The van der Waals surface area contributed by atoms with Crippen molar-refractivity contribution in [3.8, 4) is 0 Å². The largest absolute Gasteiger partial charge is 0.369 e. The lowest BCUT2D eigenvalue weighted by molar-refractivity contribution is 0.514. The number of likely N-dealkylation sites (tertiary alicyclic amines) is 1. The summed E-state index contributed by atoms with van der Waals surface area (Å²) in [5.41, 5.74) is 12.9. The van der Waals surface area contributed by atoms with Crippen LogP contribution < -0.4 is 11.5 Å². The van der Waals surface area contributed by atoms with Gasteiger partial charge in [-0.05, 0) is 24.8 Å². The Bertz CT molecular complexity index is 456. The molecule has 1 heterocycles. The van der Waals surface area contributed by atoms with Crippen LogP contribution in [0.5, 0.6) is 0 Å². The predicted molar refractivity (Wildman–Crippen MR) is 93.6 cm³/mol. The van der Waals surface area contributed by atoms with Crippen LogP contribution in [0.25, 0.3) is 0 Å². The van der Waals surface area contributed by atoms with Crippen LogP contribution >= 0.6 is 24.8 Å². The molecule has 1 aliphatic rings. The maximum absolute atomic E-state index is 5.88. The smallest absolute Gasteiger partial charge is 0.218 e. The first-order valence-electron chi connectivity index (χ1n) is 6.68. The van der Waals surface area contributed by atoms with E-state index in [4.69, 9.17) is 11.5 Å². The van der Waals surface area contributed by atoms with Crippen molar-refractivity contribution < 1.29 is 0 Å². The second kappa shape index (κ2) is 10.3. The molecular weight excluding hydrogens is 309 g/mol. The van der Waals surface area contributed by atoms with Crippen molar-refractivity contribution in [2.75, 3.05) is 19.6 Å². The van der Waals surface area contributed by atoms with Gasteiger partial charge in [0.05, 0.1) is 0 Å². The zero-order chi connectivity index (χ0) is 13.5. The Hall–Kier alpha value is -1.46. The average Bonchev–Trinajstić information content (AvgIpc) is 2.94. The van der Waals surface area contributed by atoms with Crippen molar-refractivity contribution in [2.45, 2.75) is 19.3 Å². The Labute approximate surface area is 138 Å². The van der Waals surface area contributed by atoms with Gasteiger partial charge in [-0.2, -0.15) is 4.99 Å². The topological polar surface area (TPSA) is 80.0 Å². The summed E-state index contributed by atoms with van der Waals surface area (Å²) in [7, 11) is 0. The fourth-order valence-electron chi connectivity index (χ4n) is 2.11. The summed E-state index contributed by atoms with van der Waals surface area (Å²) in [5, 5.41) is 0. The minimum Gasteiger partial charge on any atom is -0.369 e. The van der Waals surface area contributed by atoms with E-state index in [1.54, 1.807) is 0 Å². The Morgan fingerprint density at radius 3 is 2.29 bits per heavy atom. The van der Waals surface area contributed by atoms with Gasteiger partial charge in [-0.3, -0.25) is 4.99 Å². The lowest BCUT2D eigenvalue weighted by Gasteiger charge is -2.15. The van der Waals surface area contributed by atoms with Gasteiger partial charge in [0, 0.05) is 19.6 Å². The maximum atomic E-state index is 5.88. The highest BCUT2D eigenvalue weighted by Gasteiger charge is 2.13. The molecule has 5 nitrogen and oxygen atoms in total. The minimum absolute atomic E-state index is 0. The number of rotatable bonds is 3. The first-order valence-corrected chi connectivity index (χ1v) is 6.68. The number of nitrogens with two attached hydrogens (primary N) is 2. The molecule has 0 aromatic heterocycles. The van der Waals surface area contributed by atoms with Gasteiger partial charge in [0.2, 0.25) is 5.96 Å². The molecule has 1 fully saturated rings. The van der Waals surface area contributed by atoms with Crippen molar-refractivity contribution >= 4 is 36.7 Å². The Balaban J connectivity index is 0.00000200. The molecule has 1 aromatic carbocycles. The molecule has 1 aliphatic heterocycles. The molecule has 0 amide bonds. The van der Waals surface area contributed by atoms with Crippen LogP contribution in [0.3, 0.4) is 0 Å². The highest BCUT2D eigenvalue weighted by molar-refractivity contribution is 5.93. The zero-order valence-electron chi connectivity index (χ0n) is 11.9. The summed E-state index contributed by atoms with van der Waals surface area (Å²) in [5.74, 6) is 0.749. The summed E-state index contributed by atoms with van der Waals surface area (Å²) >= 11 is 0. The zero-order valence-corrected chi connectivity index (χ0v) is 13.6. The molecule has 7 heteroatoms. The quantitative estimate of drug-likeness (QED) is 0.654. The van der Waals surface area contributed by atoms with E-state index in [9.17, 15) is 0 Å². The van der Waals surface area contributed by atoms with Gasteiger partial charge in [-0.25, -0.2) is 0 Å². The Kier molecular flexibility index (Phi) is 9.58. The lowest BCUT2D eigenvalue weighted by Crippen LogP contribution is -2.36.